The van der Waals surface area contributed by atoms with Crippen LogP contribution in [0.1, 0.15) is 45.9 Å². The Morgan fingerprint density at radius 3 is 2.84 bits per heavy atom. The van der Waals surface area contributed by atoms with Gasteiger partial charge in [-0.25, -0.2) is 9.37 Å². The van der Waals surface area contributed by atoms with E-state index in [2.05, 4.69) is 10.3 Å². The Bertz CT molecular complexity index is 738. The third kappa shape index (κ3) is 4.31. The van der Waals surface area contributed by atoms with Gasteiger partial charge in [-0.15, -0.1) is 36.2 Å². The molecule has 2 heterocycles. The largest absolute Gasteiger partial charge is 0.328 e. The zero-order valence-corrected chi connectivity index (χ0v) is 15.9. The van der Waals surface area contributed by atoms with Crippen molar-refractivity contribution in [3.8, 4) is 0 Å². The van der Waals surface area contributed by atoms with Gasteiger partial charge in [-0.05, 0) is 30.5 Å². The van der Waals surface area contributed by atoms with Crippen molar-refractivity contribution in [2.24, 2.45) is 0 Å². The number of thiazole rings is 1. The van der Waals surface area contributed by atoms with Crippen LogP contribution in [0.4, 0.5) is 4.39 Å². The zero-order valence-electron chi connectivity index (χ0n) is 13.5. The number of rotatable bonds is 3. The molecule has 2 aliphatic rings. The lowest BCUT2D eigenvalue weighted by Gasteiger charge is -2.36. The molecule has 4 rings (SSSR count). The first-order valence-corrected chi connectivity index (χ1v) is 8.83. The molecule has 1 aromatic heterocycles. The van der Waals surface area contributed by atoms with Crippen molar-refractivity contribution in [2.45, 2.75) is 24.8 Å². The standard InChI is InChI=1S/C17H18FN3OS.2ClH/c18-13-3-1-2-12(8-13)15-9-19-6-7-21(15)17(22)14-10-23-16(20-14)11-4-5-11;;/h1-3,8,10-11,15,19H,4-7,9H2;2*1H. The van der Waals surface area contributed by atoms with E-state index >= 15 is 0 Å². The summed E-state index contributed by atoms with van der Waals surface area (Å²) in [6.07, 6.45) is 2.36. The van der Waals surface area contributed by atoms with Gasteiger partial charge >= 0.3 is 0 Å². The highest BCUT2D eigenvalue weighted by molar-refractivity contribution is 7.10. The lowest BCUT2D eigenvalue weighted by molar-refractivity contribution is 0.0628. The molecule has 1 saturated carbocycles. The molecule has 1 aliphatic heterocycles. The van der Waals surface area contributed by atoms with Crippen LogP contribution < -0.4 is 5.32 Å². The molecule has 1 aliphatic carbocycles. The van der Waals surface area contributed by atoms with Crippen LogP contribution in [-0.2, 0) is 0 Å². The Balaban J connectivity index is 0.00000113. The zero-order chi connectivity index (χ0) is 15.8. The predicted molar refractivity (Wildman–Crippen MR) is 102 cm³/mol. The molecule has 1 saturated heterocycles. The van der Waals surface area contributed by atoms with Gasteiger partial charge in [-0.3, -0.25) is 4.79 Å². The van der Waals surface area contributed by atoms with Crippen molar-refractivity contribution in [2.75, 3.05) is 19.6 Å². The Morgan fingerprint density at radius 2 is 2.12 bits per heavy atom. The fraction of sp³-hybridized carbons (Fsp3) is 0.412. The summed E-state index contributed by atoms with van der Waals surface area (Å²) in [4.78, 5) is 19.2. The van der Waals surface area contributed by atoms with Gasteiger partial charge in [0.1, 0.15) is 11.5 Å². The Morgan fingerprint density at radius 1 is 1.32 bits per heavy atom. The number of nitrogens with zero attached hydrogens (tertiary/aromatic N) is 2. The minimum atomic E-state index is -0.273. The molecule has 25 heavy (non-hydrogen) atoms. The van der Waals surface area contributed by atoms with Crippen molar-refractivity contribution >= 4 is 42.1 Å². The maximum atomic E-state index is 13.5. The number of aromatic nitrogens is 1. The fourth-order valence-corrected chi connectivity index (χ4v) is 3.97. The molecule has 2 aromatic rings. The third-order valence-electron chi connectivity index (χ3n) is 4.41. The molecule has 1 unspecified atom stereocenters. The van der Waals surface area contributed by atoms with E-state index in [4.69, 9.17) is 0 Å². The van der Waals surface area contributed by atoms with E-state index in [1.807, 2.05) is 16.3 Å². The summed E-state index contributed by atoms with van der Waals surface area (Å²) in [6.45, 7) is 1.99. The molecule has 4 nitrogen and oxygen atoms in total. The number of nitrogens with one attached hydrogen (secondary N) is 1. The number of halogens is 3. The number of piperazine rings is 1. The van der Waals surface area contributed by atoms with Crippen molar-refractivity contribution < 1.29 is 9.18 Å². The maximum absolute atomic E-state index is 13.5. The lowest BCUT2D eigenvalue weighted by Crippen LogP contribution is -2.48. The lowest BCUT2D eigenvalue weighted by atomic mass is 10.0. The fourth-order valence-electron chi connectivity index (χ4n) is 3.01. The van der Waals surface area contributed by atoms with Crippen LogP contribution in [0.25, 0.3) is 0 Å². The molecule has 1 N–H and O–H groups in total. The molecule has 0 radical (unpaired) electrons. The van der Waals surface area contributed by atoms with Crippen LogP contribution in [0, 0.1) is 5.82 Å². The average molecular weight is 404 g/mol. The summed E-state index contributed by atoms with van der Waals surface area (Å²) >= 11 is 1.58. The van der Waals surface area contributed by atoms with E-state index in [9.17, 15) is 9.18 Å². The van der Waals surface area contributed by atoms with Crippen molar-refractivity contribution in [1.82, 2.24) is 15.2 Å². The minimum absolute atomic E-state index is 0. The van der Waals surface area contributed by atoms with Gasteiger partial charge in [0.05, 0.1) is 11.0 Å². The predicted octanol–water partition coefficient (Wildman–Crippen LogP) is 3.79. The summed E-state index contributed by atoms with van der Waals surface area (Å²) in [5, 5.41) is 6.22. The van der Waals surface area contributed by atoms with Crippen LogP contribution in [0.2, 0.25) is 0 Å². The SMILES string of the molecule is Cl.Cl.O=C(c1csc(C2CC2)n1)N1CCNCC1c1cccc(F)c1. The smallest absolute Gasteiger partial charge is 0.273 e. The molecular weight excluding hydrogens is 384 g/mol. The topological polar surface area (TPSA) is 45.2 Å². The quantitative estimate of drug-likeness (QED) is 0.847. The van der Waals surface area contributed by atoms with Crippen LogP contribution in [0.15, 0.2) is 29.6 Å². The molecule has 136 valence electrons. The summed E-state index contributed by atoms with van der Waals surface area (Å²) in [5.74, 6) is 0.234. The minimum Gasteiger partial charge on any atom is -0.328 e. The summed E-state index contributed by atoms with van der Waals surface area (Å²) in [6, 6.07) is 6.34. The molecule has 1 amide bonds. The van der Waals surface area contributed by atoms with Gasteiger partial charge in [0.2, 0.25) is 0 Å². The highest BCUT2D eigenvalue weighted by Crippen LogP contribution is 2.41. The molecule has 8 heteroatoms. The van der Waals surface area contributed by atoms with Gasteiger partial charge in [-0.2, -0.15) is 0 Å². The van der Waals surface area contributed by atoms with Gasteiger partial charge in [0.15, 0.2) is 0 Å². The first-order valence-electron chi connectivity index (χ1n) is 7.95. The van der Waals surface area contributed by atoms with E-state index in [0.717, 1.165) is 17.1 Å². The van der Waals surface area contributed by atoms with Crippen molar-refractivity contribution in [3.05, 3.63) is 51.7 Å². The summed E-state index contributed by atoms with van der Waals surface area (Å²) in [7, 11) is 0. The second-order valence-electron chi connectivity index (χ2n) is 6.12. The van der Waals surface area contributed by atoms with Gasteiger partial charge in [0, 0.05) is 30.9 Å². The normalized spacial score (nSPS) is 19.7. The first-order chi connectivity index (χ1) is 11.2. The highest BCUT2D eigenvalue weighted by Gasteiger charge is 2.32. The second kappa shape index (κ2) is 8.45. The third-order valence-corrected chi connectivity index (χ3v) is 5.41. The average Bonchev–Trinajstić information content (AvgIpc) is 3.31. The van der Waals surface area contributed by atoms with Crippen LogP contribution in [0.5, 0.6) is 0 Å². The Kier molecular flexibility index (Phi) is 6.79. The number of hydrogen-bond donors (Lipinski definition) is 1. The number of benzene rings is 1. The van der Waals surface area contributed by atoms with Gasteiger partial charge in [0.25, 0.3) is 5.91 Å². The number of hydrogen-bond acceptors (Lipinski definition) is 4. The van der Waals surface area contributed by atoms with Crippen molar-refractivity contribution in [1.29, 1.82) is 0 Å². The molecule has 1 atom stereocenters. The van der Waals surface area contributed by atoms with Gasteiger partial charge in [-0.1, -0.05) is 12.1 Å². The van der Waals surface area contributed by atoms with E-state index in [-0.39, 0.29) is 42.6 Å². The first kappa shape index (κ1) is 20.1. The molecule has 1 aromatic carbocycles. The maximum Gasteiger partial charge on any atom is 0.273 e. The van der Waals surface area contributed by atoms with Crippen molar-refractivity contribution in [3.63, 3.8) is 0 Å². The monoisotopic (exact) mass is 403 g/mol. The van der Waals surface area contributed by atoms with Crippen LogP contribution >= 0.6 is 36.2 Å². The van der Waals surface area contributed by atoms with Crippen LogP contribution in [0.3, 0.4) is 0 Å². The Labute approximate surface area is 162 Å². The molecular formula is C17H20Cl2FN3OS. The Hall–Kier alpha value is -1.21. The second-order valence-corrected chi connectivity index (χ2v) is 7.01. The van der Waals surface area contributed by atoms with Crippen LogP contribution in [-0.4, -0.2) is 35.4 Å². The summed E-state index contributed by atoms with van der Waals surface area (Å²) < 4.78 is 13.5. The molecule has 2 fully saturated rings. The van der Waals surface area contributed by atoms with E-state index in [1.54, 1.807) is 17.4 Å². The summed E-state index contributed by atoms with van der Waals surface area (Å²) in [5.41, 5.74) is 1.35. The molecule has 0 spiro atoms. The van der Waals surface area contributed by atoms with E-state index in [0.29, 0.717) is 24.7 Å². The highest BCUT2D eigenvalue weighted by atomic mass is 35.5. The van der Waals surface area contributed by atoms with E-state index in [1.165, 1.54) is 25.0 Å². The molecule has 0 bridgehead atoms. The van der Waals surface area contributed by atoms with E-state index < -0.39 is 0 Å². The number of amides is 1. The number of carbonyl (C=O) groups excluding carboxylic acids is 1. The number of carbonyl (C=O) groups is 1. The van der Waals surface area contributed by atoms with Gasteiger partial charge < -0.3 is 10.2 Å².